The maximum atomic E-state index is 13.9. The van der Waals surface area contributed by atoms with E-state index in [2.05, 4.69) is 9.97 Å². The highest BCUT2D eigenvalue weighted by Gasteiger charge is 2.45. The van der Waals surface area contributed by atoms with E-state index in [4.69, 9.17) is 18.6 Å². The van der Waals surface area contributed by atoms with Crippen molar-refractivity contribution in [3.8, 4) is 17.2 Å². The van der Waals surface area contributed by atoms with Gasteiger partial charge in [-0.05, 0) is 60.9 Å². The average molecular weight is 473 g/mol. The molecule has 4 aromatic rings. The van der Waals surface area contributed by atoms with E-state index in [-0.39, 0.29) is 22.7 Å². The first-order valence-electron chi connectivity index (χ1n) is 10.9. The minimum absolute atomic E-state index is 0.0445. The zero-order valence-corrected chi connectivity index (χ0v) is 19.9. The van der Waals surface area contributed by atoms with Crippen LogP contribution in [0.5, 0.6) is 17.2 Å². The van der Waals surface area contributed by atoms with Crippen molar-refractivity contribution in [1.82, 2.24) is 9.97 Å². The summed E-state index contributed by atoms with van der Waals surface area (Å²) in [6.45, 7) is 3.85. The van der Waals surface area contributed by atoms with Gasteiger partial charge in [0.15, 0.2) is 16.9 Å². The molecule has 1 amide bonds. The van der Waals surface area contributed by atoms with E-state index in [9.17, 15) is 9.59 Å². The number of rotatable bonds is 5. The van der Waals surface area contributed by atoms with Crippen LogP contribution in [0.15, 0.2) is 51.9 Å². The molecule has 0 spiro atoms. The van der Waals surface area contributed by atoms with E-state index in [1.165, 1.54) is 38.6 Å². The first-order valence-corrected chi connectivity index (χ1v) is 10.9. The lowest BCUT2D eigenvalue weighted by molar-refractivity contribution is 0.0969. The SMILES string of the molecule is COc1cc(C2c3c(oc4cc(C)c(C)cc4c3=O)C(=O)N2c2ncccn2)cc(OC)c1OC. The van der Waals surface area contributed by atoms with Gasteiger partial charge in [-0.15, -0.1) is 0 Å². The van der Waals surface area contributed by atoms with Crippen LogP contribution in [-0.4, -0.2) is 37.2 Å². The van der Waals surface area contributed by atoms with E-state index in [1.54, 1.807) is 30.3 Å². The molecule has 0 fully saturated rings. The van der Waals surface area contributed by atoms with E-state index in [0.717, 1.165) is 11.1 Å². The zero-order valence-electron chi connectivity index (χ0n) is 19.9. The van der Waals surface area contributed by atoms with Crippen LogP contribution in [0.2, 0.25) is 0 Å². The Morgan fingerprint density at radius 2 is 1.51 bits per heavy atom. The quantitative estimate of drug-likeness (QED) is 0.429. The van der Waals surface area contributed by atoms with Gasteiger partial charge in [0, 0.05) is 12.4 Å². The first kappa shape index (κ1) is 22.4. The second-order valence-corrected chi connectivity index (χ2v) is 8.19. The van der Waals surface area contributed by atoms with Gasteiger partial charge in [0.2, 0.25) is 17.5 Å². The van der Waals surface area contributed by atoms with Crippen LogP contribution in [0, 0.1) is 13.8 Å². The highest BCUT2D eigenvalue weighted by atomic mass is 16.5. The zero-order chi connectivity index (χ0) is 24.9. The van der Waals surface area contributed by atoms with E-state index in [1.807, 2.05) is 13.8 Å². The van der Waals surface area contributed by atoms with Crippen molar-refractivity contribution in [3.05, 3.63) is 81.0 Å². The number of methoxy groups -OCH3 is 3. The summed E-state index contributed by atoms with van der Waals surface area (Å²) in [4.78, 5) is 37.5. The molecule has 9 nitrogen and oxygen atoms in total. The van der Waals surface area contributed by atoms with Gasteiger partial charge in [0.25, 0.3) is 5.91 Å². The highest BCUT2D eigenvalue weighted by molar-refractivity contribution is 6.09. The van der Waals surface area contributed by atoms with Crippen molar-refractivity contribution in [2.45, 2.75) is 19.9 Å². The number of aromatic nitrogens is 2. The fraction of sp³-hybridized carbons (Fsp3) is 0.231. The highest BCUT2D eigenvalue weighted by Crippen LogP contribution is 2.45. The van der Waals surface area contributed by atoms with E-state index >= 15 is 0 Å². The Balaban J connectivity index is 1.85. The summed E-state index contributed by atoms with van der Waals surface area (Å²) in [5.74, 6) is 0.738. The fourth-order valence-electron chi connectivity index (χ4n) is 4.42. The van der Waals surface area contributed by atoms with Crippen molar-refractivity contribution in [2.75, 3.05) is 26.2 Å². The Morgan fingerprint density at radius 1 is 0.886 bits per heavy atom. The van der Waals surface area contributed by atoms with Gasteiger partial charge in [-0.1, -0.05) is 0 Å². The summed E-state index contributed by atoms with van der Waals surface area (Å²) in [6.07, 6.45) is 3.06. The summed E-state index contributed by atoms with van der Waals surface area (Å²) in [5.41, 5.74) is 2.71. The van der Waals surface area contributed by atoms with Crippen LogP contribution in [-0.2, 0) is 0 Å². The van der Waals surface area contributed by atoms with E-state index < -0.39 is 11.9 Å². The van der Waals surface area contributed by atoms with E-state index in [0.29, 0.717) is 33.8 Å². The van der Waals surface area contributed by atoms with Crippen molar-refractivity contribution in [1.29, 1.82) is 0 Å². The van der Waals surface area contributed by atoms with Crippen molar-refractivity contribution >= 4 is 22.8 Å². The molecule has 0 bridgehead atoms. The Bertz CT molecular complexity index is 1510. The third-order valence-electron chi connectivity index (χ3n) is 6.26. The van der Waals surface area contributed by atoms with Crippen LogP contribution in [0.1, 0.15) is 38.9 Å². The van der Waals surface area contributed by atoms with Crippen LogP contribution in [0.3, 0.4) is 0 Å². The molecule has 0 aliphatic carbocycles. The summed E-state index contributed by atoms with van der Waals surface area (Å²) in [7, 11) is 4.50. The lowest BCUT2D eigenvalue weighted by Crippen LogP contribution is -2.31. The molecule has 0 saturated carbocycles. The van der Waals surface area contributed by atoms with Crippen LogP contribution >= 0.6 is 0 Å². The van der Waals surface area contributed by atoms with Gasteiger partial charge in [-0.3, -0.25) is 14.5 Å². The predicted molar refractivity (Wildman–Crippen MR) is 129 cm³/mol. The molecule has 0 saturated heterocycles. The van der Waals surface area contributed by atoms with Gasteiger partial charge in [0.05, 0.1) is 38.3 Å². The summed E-state index contributed by atoms with van der Waals surface area (Å²) in [6, 6.07) is 7.73. The molecule has 1 unspecified atom stereocenters. The molecule has 5 rings (SSSR count). The summed E-state index contributed by atoms with van der Waals surface area (Å²) < 4.78 is 22.6. The van der Waals surface area contributed by atoms with Gasteiger partial charge < -0.3 is 18.6 Å². The standard InChI is InChI=1S/C26H23N3O6/c1-13-9-16-17(10-14(13)2)35-24-20(22(16)30)21(29(25(24)31)26-27-7-6-8-28-26)15-11-18(32-3)23(34-5)19(12-15)33-4/h6-12,21H,1-5H3. The molecule has 2 aromatic carbocycles. The van der Waals surface area contributed by atoms with Gasteiger partial charge in [0.1, 0.15) is 5.58 Å². The molecule has 1 aliphatic heterocycles. The third-order valence-corrected chi connectivity index (χ3v) is 6.26. The number of hydrogen-bond donors (Lipinski definition) is 0. The van der Waals surface area contributed by atoms with Crippen LogP contribution < -0.4 is 24.5 Å². The topological polar surface area (TPSA) is 104 Å². The Hall–Kier alpha value is -4.40. The molecule has 0 N–H and O–H groups in total. The van der Waals surface area contributed by atoms with Gasteiger partial charge in [-0.25, -0.2) is 9.97 Å². The average Bonchev–Trinajstić information content (AvgIpc) is 3.17. The number of hydrogen-bond acceptors (Lipinski definition) is 8. The minimum Gasteiger partial charge on any atom is -0.493 e. The molecule has 1 atom stereocenters. The number of aryl methyl sites for hydroxylation is 2. The van der Waals surface area contributed by atoms with Gasteiger partial charge >= 0.3 is 0 Å². The Labute approximate surface area is 200 Å². The van der Waals surface area contributed by atoms with Crippen LogP contribution in [0.25, 0.3) is 11.0 Å². The third kappa shape index (κ3) is 3.39. The molecule has 0 radical (unpaired) electrons. The summed E-state index contributed by atoms with van der Waals surface area (Å²) in [5, 5.41) is 0.396. The lowest BCUT2D eigenvalue weighted by atomic mass is 9.97. The smallest absolute Gasteiger partial charge is 0.297 e. The predicted octanol–water partition coefficient (Wildman–Crippen LogP) is 3.98. The van der Waals surface area contributed by atoms with Gasteiger partial charge in [-0.2, -0.15) is 0 Å². The monoisotopic (exact) mass is 473 g/mol. The number of benzene rings is 2. The second-order valence-electron chi connectivity index (χ2n) is 8.19. The maximum absolute atomic E-state index is 13.9. The van der Waals surface area contributed by atoms with Crippen molar-refractivity contribution in [2.24, 2.45) is 0 Å². The number of ether oxygens (including phenoxy) is 3. The molecular formula is C26H23N3O6. The van der Waals surface area contributed by atoms with Crippen molar-refractivity contribution in [3.63, 3.8) is 0 Å². The summed E-state index contributed by atoms with van der Waals surface area (Å²) >= 11 is 0. The van der Waals surface area contributed by atoms with Crippen molar-refractivity contribution < 1.29 is 23.4 Å². The molecule has 3 heterocycles. The molecule has 35 heavy (non-hydrogen) atoms. The number of anilines is 1. The normalized spacial score (nSPS) is 14.8. The maximum Gasteiger partial charge on any atom is 0.297 e. The molecule has 178 valence electrons. The fourth-order valence-corrected chi connectivity index (χ4v) is 4.42. The number of fused-ring (bicyclic) bond motifs is 2. The largest absolute Gasteiger partial charge is 0.493 e. The Kier molecular flexibility index (Phi) is 5.39. The number of amides is 1. The molecular weight excluding hydrogens is 450 g/mol. The number of nitrogens with zero attached hydrogens (tertiary/aromatic N) is 3. The Morgan fingerprint density at radius 3 is 2.11 bits per heavy atom. The molecule has 2 aromatic heterocycles. The molecule has 9 heteroatoms. The second kappa shape index (κ2) is 8.43. The minimum atomic E-state index is -0.879. The number of carbonyl (C=O) groups excluding carboxylic acids is 1. The first-order chi connectivity index (χ1) is 16.9. The lowest BCUT2D eigenvalue weighted by Gasteiger charge is -2.24. The molecule has 1 aliphatic rings. The van der Waals surface area contributed by atoms with Crippen LogP contribution in [0.4, 0.5) is 5.95 Å². The number of carbonyl (C=O) groups is 1.